The third-order valence-electron chi connectivity index (χ3n) is 5.87. The van der Waals surface area contributed by atoms with Crippen LogP contribution in [0.15, 0.2) is 107 Å². The molecule has 0 spiro atoms. The Morgan fingerprint density at radius 1 is 0.925 bits per heavy atom. The van der Waals surface area contributed by atoms with E-state index in [2.05, 4.69) is 5.32 Å². The summed E-state index contributed by atoms with van der Waals surface area (Å²) in [7, 11) is -4.46. The minimum absolute atomic E-state index is 0.201. The molecule has 0 aliphatic carbocycles. The first-order valence-corrected chi connectivity index (χ1v) is 14.8. The van der Waals surface area contributed by atoms with Gasteiger partial charge in [-0.05, 0) is 66.6 Å². The number of amides is 1. The number of hydrogen-bond donors (Lipinski definition) is 1. The van der Waals surface area contributed by atoms with Gasteiger partial charge in [0.25, 0.3) is 10.0 Å². The zero-order valence-electron chi connectivity index (χ0n) is 21.2. The van der Waals surface area contributed by atoms with Gasteiger partial charge in [-0.3, -0.25) is 9.10 Å². The highest BCUT2D eigenvalue weighted by Crippen LogP contribution is 2.37. The molecule has 4 rings (SSSR count). The number of sulfonamides is 1. The molecule has 0 unspecified atom stereocenters. The molecule has 1 N–H and O–H groups in total. The van der Waals surface area contributed by atoms with Crippen molar-refractivity contribution >= 4 is 50.7 Å². The SMILES string of the molecule is Cc1cc(CSc2ccccc2)ccc1NC(=O)CN(c1cc(C(F)(F)F)ccc1Cl)S(=O)(=O)c1ccccc1. The number of nitrogens with one attached hydrogen (secondary N) is 1. The minimum Gasteiger partial charge on any atom is -0.324 e. The van der Waals surface area contributed by atoms with Crippen molar-refractivity contribution < 1.29 is 26.4 Å². The maximum Gasteiger partial charge on any atom is 0.416 e. The number of halogens is 4. The van der Waals surface area contributed by atoms with E-state index < -0.39 is 39.9 Å². The zero-order chi connectivity index (χ0) is 28.9. The van der Waals surface area contributed by atoms with Gasteiger partial charge in [0, 0.05) is 16.3 Å². The molecule has 0 aliphatic heterocycles. The Labute approximate surface area is 240 Å². The normalized spacial score (nSPS) is 11.7. The molecule has 40 heavy (non-hydrogen) atoms. The number of aryl methyl sites for hydroxylation is 1. The van der Waals surface area contributed by atoms with Gasteiger partial charge in [0.1, 0.15) is 6.54 Å². The first-order valence-electron chi connectivity index (χ1n) is 12.0. The molecule has 5 nitrogen and oxygen atoms in total. The molecule has 0 heterocycles. The summed E-state index contributed by atoms with van der Waals surface area (Å²) >= 11 is 7.85. The van der Waals surface area contributed by atoms with E-state index in [1.807, 2.05) is 42.5 Å². The summed E-state index contributed by atoms with van der Waals surface area (Å²) in [4.78, 5) is 14.0. The van der Waals surface area contributed by atoms with Gasteiger partial charge in [0.05, 0.1) is 21.2 Å². The summed E-state index contributed by atoms with van der Waals surface area (Å²) < 4.78 is 68.1. The topological polar surface area (TPSA) is 66.5 Å². The first kappa shape index (κ1) is 29.5. The summed E-state index contributed by atoms with van der Waals surface area (Å²) in [5, 5.41) is 2.43. The number of anilines is 2. The van der Waals surface area contributed by atoms with Crippen molar-refractivity contribution in [2.24, 2.45) is 0 Å². The number of rotatable bonds is 9. The maximum absolute atomic E-state index is 13.5. The molecule has 0 aromatic heterocycles. The van der Waals surface area contributed by atoms with E-state index >= 15 is 0 Å². The summed E-state index contributed by atoms with van der Waals surface area (Å²) in [6.07, 6.45) is -4.75. The number of carbonyl (C=O) groups excluding carboxylic acids is 1. The lowest BCUT2D eigenvalue weighted by Gasteiger charge is -2.26. The van der Waals surface area contributed by atoms with E-state index in [1.54, 1.807) is 30.8 Å². The second-order valence-electron chi connectivity index (χ2n) is 8.79. The van der Waals surface area contributed by atoms with Crippen LogP contribution < -0.4 is 9.62 Å². The molecule has 0 radical (unpaired) electrons. The lowest BCUT2D eigenvalue weighted by Crippen LogP contribution is -2.38. The Bertz CT molecular complexity index is 1600. The van der Waals surface area contributed by atoms with E-state index in [9.17, 15) is 26.4 Å². The Balaban J connectivity index is 1.59. The van der Waals surface area contributed by atoms with Crippen LogP contribution >= 0.6 is 23.4 Å². The van der Waals surface area contributed by atoms with E-state index in [0.717, 1.165) is 28.2 Å². The lowest BCUT2D eigenvalue weighted by atomic mass is 10.1. The van der Waals surface area contributed by atoms with Gasteiger partial charge in [-0.25, -0.2) is 8.42 Å². The number of alkyl halides is 3. The average Bonchev–Trinajstić information content (AvgIpc) is 2.93. The predicted molar refractivity (Wildman–Crippen MR) is 153 cm³/mol. The standard InChI is InChI=1S/C29H24ClF3N2O3S2/c1-20-16-21(19-39-23-8-4-2-5-9-23)12-15-26(20)34-28(36)18-35(40(37,38)24-10-6-3-7-11-24)27-17-22(29(31,32)33)13-14-25(27)30/h2-17H,18-19H2,1H3,(H,34,36). The van der Waals surface area contributed by atoms with Crippen LogP contribution in [0.2, 0.25) is 5.02 Å². The van der Waals surface area contributed by atoms with Crippen LogP contribution in [-0.4, -0.2) is 20.9 Å². The van der Waals surface area contributed by atoms with Crippen molar-refractivity contribution in [3.05, 3.63) is 119 Å². The van der Waals surface area contributed by atoms with E-state index in [-0.39, 0.29) is 9.92 Å². The molecule has 0 fully saturated rings. The fourth-order valence-corrected chi connectivity index (χ4v) is 6.44. The van der Waals surface area contributed by atoms with E-state index in [1.165, 1.54) is 24.3 Å². The van der Waals surface area contributed by atoms with E-state index in [0.29, 0.717) is 21.8 Å². The molecule has 208 valence electrons. The van der Waals surface area contributed by atoms with Crippen molar-refractivity contribution in [3.63, 3.8) is 0 Å². The fourth-order valence-electron chi connectivity index (χ4n) is 3.86. The molecule has 1 amide bonds. The summed E-state index contributed by atoms with van der Waals surface area (Å²) in [6.45, 7) is 0.998. The lowest BCUT2D eigenvalue weighted by molar-refractivity contribution is -0.137. The molecule has 0 bridgehead atoms. The van der Waals surface area contributed by atoms with Gasteiger partial charge >= 0.3 is 6.18 Å². The number of thioether (sulfide) groups is 1. The van der Waals surface area contributed by atoms with Crippen LogP contribution in [0.1, 0.15) is 16.7 Å². The summed E-state index contributed by atoms with van der Waals surface area (Å²) in [6, 6.07) is 24.8. The third-order valence-corrected chi connectivity index (χ3v) is 9.05. The molecule has 11 heteroatoms. The van der Waals surface area contributed by atoms with Gasteiger partial charge in [-0.2, -0.15) is 13.2 Å². The van der Waals surface area contributed by atoms with Crippen LogP contribution in [0.25, 0.3) is 0 Å². The second-order valence-corrected chi connectivity index (χ2v) is 12.1. The average molecular weight is 605 g/mol. The Hall–Kier alpha value is -3.47. The van der Waals surface area contributed by atoms with Gasteiger partial charge in [-0.1, -0.05) is 60.1 Å². The number of benzene rings is 4. The van der Waals surface area contributed by atoms with Crippen molar-refractivity contribution in [2.45, 2.75) is 28.6 Å². The van der Waals surface area contributed by atoms with Gasteiger partial charge in [-0.15, -0.1) is 11.8 Å². The molecular formula is C29H24ClF3N2O3S2. The Kier molecular flexibility index (Phi) is 9.12. The highest BCUT2D eigenvalue weighted by Gasteiger charge is 2.34. The highest BCUT2D eigenvalue weighted by atomic mass is 35.5. The van der Waals surface area contributed by atoms with Crippen molar-refractivity contribution in [3.8, 4) is 0 Å². The van der Waals surface area contributed by atoms with Gasteiger partial charge < -0.3 is 5.32 Å². The maximum atomic E-state index is 13.5. The second kappa shape index (κ2) is 12.4. The van der Waals surface area contributed by atoms with Crippen LogP contribution in [-0.2, 0) is 26.7 Å². The van der Waals surface area contributed by atoms with Crippen LogP contribution in [0.3, 0.4) is 0 Å². The summed E-state index contributed by atoms with van der Waals surface area (Å²) in [5.74, 6) is -0.0431. The monoisotopic (exact) mass is 604 g/mol. The molecule has 4 aromatic rings. The minimum atomic E-state index is -4.75. The van der Waals surface area contributed by atoms with Crippen LogP contribution in [0.5, 0.6) is 0 Å². The van der Waals surface area contributed by atoms with Gasteiger partial charge in [0.2, 0.25) is 5.91 Å². The summed E-state index contributed by atoms with van der Waals surface area (Å²) in [5.41, 5.74) is 0.661. The molecule has 0 atom stereocenters. The fraction of sp³-hybridized carbons (Fsp3) is 0.138. The molecule has 0 aliphatic rings. The van der Waals surface area contributed by atoms with E-state index in [4.69, 9.17) is 11.6 Å². The Morgan fingerprint density at radius 3 is 2.20 bits per heavy atom. The van der Waals surface area contributed by atoms with Crippen LogP contribution in [0, 0.1) is 6.92 Å². The number of hydrogen-bond acceptors (Lipinski definition) is 4. The first-order chi connectivity index (χ1) is 18.9. The number of nitrogens with zero attached hydrogens (tertiary/aromatic N) is 1. The largest absolute Gasteiger partial charge is 0.416 e. The Morgan fingerprint density at radius 2 is 1.57 bits per heavy atom. The van der Waals surface area contributed by atoms with Crippen molar-refractivity contribution in [1.29, 1.82) is 0 Å². The van der Waals surface area contributed by atoms with Crippen molar-refractivity contribution in [1.82, 2.24) is 0 Å². The molecule has 0 saturated heterocycles. The molecule has 0 saturated carbocycles. The zero-order valence-corrected chi connectivity index (χ0v) is 23.5. The van der Waals surface area contributed by atoms with Gasteiger partial charge in [0.15, 0.2) is 0 Å². The van der Waals surface area contributed by atoms with Crippen LogP contribution in [0.4, 0.5) is 24.5 Å². The smallest absolute Gasteiger partial charge is 0.324 e. The third kappa shape index (κ3) is 7.18. The quantitative estimate of drug-likeness (QED) is 0.198. The van der Waals surface area contributed by atoms with Crippen molar-refractivity contribution in [2.75, 3.05) is 16.2 Å². The number of carbonyl (C=O) groups is 1. The molecular weight excluding hydrogens is 581 g/mol. The highest BCUT2D eigenvalue weighted by molar-refractivity contribution is 7.98. The molecule has 4 aromatic carbocycles. The predicted octanol–water partition coefficient (Wildman–Crippen LogP) is 7.79.